The van der Waals surface area contributed by atoms with Crippen LogP contribution in [0.15, 0.2) is 89.4 Å². The quantitative estimate of drug-likeness (QED) is 0.230. The summed E-state index contributed by atoms with van der Waals surface area (Å²) >= 11 is 11.1. The number of nitrogens with one attached hydrogen (secondary N) is 2. The van der Waals surface area contributed by atoms with Crippen molar-refractivity contribution < 1.29 is 18.8 Å². The number of benzene rings is 3. The Morgan fingerprint density at radius 2 is 1.50 bits per heavy atom. The minimum absolute atomic E-state index is 0.0425. The topological polar surface area (TPSA) is 88.4 Å². The summed E-state index contributed by atoms with van der Waals surface area (Å²) in [5.74, 6) is 0.234. The summed E-state index contributed by atoms with van der Waals surface area (Å²) in [6.45, 7) is 0. The number of amides is 1. The first kappa shape index (κ1) is 23.4. The van der Waals surface area contributed by atoms with Crippen LogP contribution < -0.4 is 10.6 Å². The Morgan fingerprint density at radius 3 is 2.22 bits per heavy atom. The summed E-state index contributed by atoms with van der Waals surface area (Å²) in [5, 5.41) is 6.10. The Hall–Kier alpha value is -4.33. The first-order chi connectivity index (χ1) is 17.4. The number of anilines is 1. The maximum absolute atomic E-state index is 12.9. The van der Waals surface area contributed by atoms with E-state index in [1.807, 2.05) is 12.1 Å². The third-order valence-corrected chi connectivity index (χ3v) is 6.03. The first-order valence-corrected chi connectivity index (χ1v) is 11.7. The molecule has 0 unspecified atom stereocenters. The van der Waals surface area contributed by atoms with Gasteiger partial charge in [0.2, 0.25) is 5.91 Å². The van der Waals surface area contributed by atoms with Gasteiger partial charge in [-0.3, -0.25) is 19.7 Å². The molecular weight excluding hydrogens is 496 g/mol. The number of carbonyl (C=O) groups is 3. The van der Waals surface area contributed by atoms with E-state index in [-0.39, 0.29) is 22.2 Å². The van der Waals surface area contributed by atoms with Crippen molar-refractivity contribution in [3.63, 3.8) is 0 Å². The fraction of sp³-hybridized carbons (Fsp3) is 0. The van der Waals surface area contributed by atoms with Crippen molar-refractivity contribution in [2.24, 2.45) is 0 Å². The van der Waals surface area contributed by atoms with Crippen LogP contribution in [0.1, 0.15) is 37.6 Å². The lowest BCUT2D eigenvalue weighted by atomic mass is 9.84. The number of fused-ring (bicyclic) bond motifs is 2. The van der Waals surface area contributed by atoms with E-state index < -0.39 is 5.91 Å². The number of carbonyl (C=O) groups excluding carboxylic acids is 3. The van der Waals surface area contributed by atoms with Gasteiger partial charge >= 0.3 is 0 Å². The summed E-state index contributed by atoms with van der Waals surface area (Å²) in [6, 6.07) is 22.3. The van der Waals surface area contributed by atoms with Gasteiger partial charge in [0.25, 0.3) is 0 Å². The maximum Gasteiger partial charge on any atom is 0.250 e. The molecule has 4 aromatic rings. The van der Waals surface area contributed by atoms with E-state index in [2.05, 4.69) is 10.6 Å². The normalized spacial score (nSPS) is 12.2. The van der Waals surface area contributed by atoms with E-state index in [9.17, 15) is 14.4 Å². The average Bonchev–Trinajstić information content (AvgIpc) is 3.35. The van der Waals surface area contributed by atoms with Crippen LogP contribution in [0.25, 0.3) is 17.4 Å². The molecule has 1 aliphatic rings. The Balaban J connectivity index is 1.22. The predicted octanol–water partition coefficient (Wildman–Crippen LogP) is 5.90. The molecule has 8 heteroatoms. The van der Waals surface area contributed by atoms with Gasteiger partial charge in [-0.1, -0.05) is 35.9 Å². The van der Waals surface area contributed by atoms with Crippen LogP contribution in [-0.2, 0) is 4.79 Å². The molecule has 0 saturated heterocycles. The van der Waals surface area contributed by atoms with Gasteiger partial charge < -0.3 is 9.73 Å². The number of ketones is 2. The smallest absolute Gasteiger partial charge is 0.250 e. The number of hydrogen-bond donors (Lipinski definition) is 2. The van der Waals surface area contributed by atoms with E-state index in [1.54, 1.807) is 66.7 Å². The Labute approximate surface area is 216 Å². The predicted molar refractivity (Wildman–Crippen MR) is 142 cm³/mol. The number of halogens is 1. The van der Waals surface area contributed by atoms with E-state index in [4.69, 9.17) is 28.2 Å². The monoisotopic (exact) mass is 512 g/mol. The van der Waals surface area contributed by atoms with Gasteiger partial charge in [-0.25, -0.2) is 0 Å². The lowest BCUT2D eigenvalue weighted by Crippen LogP contribution is -2.33. The molecule has 5 rings (SSSR count). The first-order valence-electron chi connectivity index (χ1n) is 10.9. The second-order valence-corrected chi connectivity index (χ2v) is 8.79. The fourth-order valence-electron chi connectivity index (χ4n) is 3.86. The molecule has 1 heterocycles. The van der Waals surface area contributed by atoms with Crippen molar-refractivity contribution in [3.8, 4) is 11.3 Å². The largest absolute Gasteiger partial charge is 0.457 e. The van der Waals surface area contributed by atoms with Crippen LogP contribution in [0, 0.1) is 0 Å². The Bertz CT molecular complexity index is 1570. The van der Waals surface area contributed by atoms with Crippen LogP contribution in [-0.4, -0.2) is 22.6 Å². The lowest BCUT2D eigenvalue weighted by Gasteiger charge is -2.18. The van der Waals surface area contributed by atoms with E-state index >= 15 is 0 Å². The van der Waals surface area contributed by atoms with Crippen LogP contribution in [0.2, 0.25) is 5.02 Å². The van der Waals surface area contributed by atoms with Gasteiger partial charge in [-0.05, 0) is 72.9 Å². The molecule has 0 spiro atoms. The highest BCUT2D eigenvalue weighted by atomic mass is 35.5. The van der Waals surface area contributed by atoms with Gasteiger partial charge in [0, 0.05) is 44.6 Å². The zero-order chi connectivity index (χ0) is 25.2. The summed E-state index contributed by atoms with van der Waals surface area (Å²) in [4.78, 5) is 37.9. The zero-order valence-corrected chi connectivity index (χ0v) is 20.2. The SMILES string of the molecule is O=C(C=Cc1ccc(-c2ccc(Cl)cc2)o1)NC(=S)Nc1ccc2c(c1)C(=O)c1ccccc1C2=O. The molecule has 1 aromatic heterocycles. The Morgan fingerprint density at radius 1 is 0.833 bits per heavy atom. The number of hydrogen-bond acceptors (Lipinski definition) is 5. The molecule has 0 fully saturated rings. The maximum atomic E-state index is 12.9. The van der Waals surface area contributed by atoms with E-state index in [1.165, 1.54) is 12.2 Å². The molecule has 1 aliphatic carbocycles. The minimum Gasteiger partial charge on any atom is -0.457 e. The Kier molecular flexibility index (Phi) is 6.33. The molecule has 1 amide bonds. The van der Waals surface area contributed by atoms with Gasteiger partial charge in [0.05, 0.1) is 0 Å². The van der Waals surface area contributed by atoms with Crippen molar-refractivity contribution >= 4 is 58.2 Å². The molecule has 0 aliphatic heterocycles. The third kappa shape index (κ3) is 4.75. The molecule has 3 aromatic carbocycles. The highest BCUT2D eigenvalue weighted by Crippen LogP contribution is 2.29. The van der Waals surface area contributed by atoms with Gasteiger partial charge in [0.15, 0.2) is 16.7 Å². The minimum atomic E-state index is -0.463. The molecular formula is C28H17ClN2O4S. The van der Waals surface area contributed by atoms with Crippen molar-refractivity contribution in [1.29, 1.82) is 0 Å². The highest BCUT2D eigenvalue weighted by molar-refractivity contribution is 7.80. The van der Waals surface area contributed by atoms with Crippen molar-refractivity contribution in [2.75, 3.05) is 5.32 Å². The van der Waals surface area contributed by atoms with Crippen LogP contribution in [0.4, 0.5) is 5.69 Å². The van der Waals surface area contributed by atoms with Crippen molar-refractivity contribution in [2.45, 2.75) is 0 Å². The lowest BCUT2D eigenvalue weighted by molar-refractivity contribution is -0.115. The van der Waals surface area contributed by atoms with Gasteiger partial charge in [-0.15, -0.1) is 0 Å². The molecule has 6 nitrogen and oxygen atoms in total. The number of furan rings is 1. The molecule has 0 bridgehead atoms. The van der Waals surface area contributed by atoms with Crippen LogP contribution in [0.3, 0.4) is 0 Å². The van der Waals surface area contributed by atoms with Gasteiger partial charge in [-0.2, -0.15) is 0 Å². The van der Waals surface area contributed by atoms with E-state index in [0.717, 1.165) is 5.56 Å². The standard InChI is InChI=1S/C28H17ClN2O4S/c29-17-7-5-16(6-8-17)24-13-10-19(35-24)11-14-25(32)31-28(36)30-18-9-12-22-23(15-18)27(34)21-4-2-1-3-20(21)26(22)33/h1-15H,(H2,30,31,32,36). The second-order valence-electron chi connectivity index (χ2n) is 7.95. The van der Waals surface area contributed by atoms with Gasteiger partial charge in [0.1, 0.15) is 11.5 Å². The molecule has 0 radical (unpaired) electrons. The summed E-state index contributed by atoms with van der Waals surface area (Å²) in [7, 11) is 0. The zero-order valence-electron chi connectivity index (χ0n) is 18.6. The summed E-state index contributed by atoms with van der Waals surface area (Å²) in [5.41, 5.74) is 2.71. The molecule has 176 valence electrons. The molecule has 36 heavy (non-hydrogen) atoms. The highest BCUT2D eigenvalue weighted by Gasteiger charge is 2.29. The van der Waals surface area contributed by atoms with Crippen molar-refractivity contribution in [3.05, 3.63) is 118 Å². The molecule has 2 N–H and O–H groups in total. The number of rotatable bonds is 4. The number of thiocarbonyl (C=S) groups is 1. The third-order valence-electron chi connectivity index (χ3n) is 5.57. The van der Waals surface area contributed by atoms with Crippen LogP contribution >= 0.6 is 23.8 Å². The van der Waals surface area contributed by atoms with E-state index in [0.29, 0.717) is 38.9 Å². The summed E-state index contributed by atoms with van der Waals surface area (Å²) in [6.07, 6.45) is 2.82. The van der Waals surface area contributed by atoms with Crippen LogP contribution in [0.5, 0.6) is 0 Å². The molecule has 0 saturated carbocycles. The molecule has 0 atom stereocenters. The fourth-order valence-corrected chi connectivity index (χ4v) is 4.21. The van der Waals surface area contributed by atoms with Crippen molar-refractivity contribution in [1.82, 2.24) is 5.32 Å². The second kappa shape index (κ2) is 9.73. The summed E-state index contributed by atoms with van der Waals surface area (Å²) < 4.78 is 5.74. The average molecular weight is 513 g/mol.